The summed E-state index contributed by atoms with van der Waals surface area (Å²) in [7, 11) is 0. The van der Waals surface area contributed by atoms with Gasteiger partial charge < -0.3 is 19.7 Å². The van der Waals surface area contributed by atoms with Gasteiger partial charge in [0.1, 0.15) is 6.10 Å². The van der Waals surface area contributed by atoms with E-state index in [1.54, 1.807) is 18.2 Å². The first kappa shape index (κ1) is 23.4. The van der Waals surface area contributed by atoms with Crippen LogP contribution in [0.3, 0.4) is 0 Å². The van der Waals surface area contributed by atoms with Gasteiger partial charge in [-0.1, -0.05) is 29.9 Å². The van der Waals surface area contributed by atoms with E-state index in [4.69, 9.17) is 33.3 Å². The second-order valence-corrected chi connectivity index (χ2v) is 8.89. The molecule has 4 rings (SSSR count). The van der Waals surface area contributed by atoms with Crippen molar-refractivity contribution in [2.45, 2.75) is 19.4 Å². The van der Waals surface area contributed by atoms with Crippen LogP contribution in [0.2, 0.25) is 0 Å². The number of hydrogen-bond acceptors (Lipinski definition) is 7. The summed E-state index contributed by atoms with van der Waals surface area (Å²) in [4.78, 5) is 41.4. The van der Waals surface area contributed by atoms with Crippen LogP contribution in [-0.2, 0) is 14.3 Å². The number of cyclic esters (lactones) is 1. The molecule has 10 heteroatoms. The van der Waals surface area contributed by atoms with E-state index in [1.165, 1.54) is 17.9 Å². The van der Waals surface area contributed by atoms with Crippen LogP contribution < -0.4 is 15.1 Å². The average Bonchev–Trinajstić information content (AvgIpc) is 3.19. The average molecular weight is 490 g/mol. The van der Waals surface area contributed by atoms with Gasteiger partial charge in [-0.3, -0.25) is 14.5 Å². The van der Waals surface area contributed by atoms with E-state index in [2.05, 4.69) is 10.2 Å². The van der Waals surface area contributed by atoms with Crippen molar-refractivity contribution < 1.29 is 23.9 Å². The maximum Gasteiger partial charge on any atom is 0.414 e. The molecule has 2 amide bonds. The number of nitrogens with zero attached hydrogens (tertiary/aromatic N) is 2. The Morgan fingerprint density at radius 2 is 2.03 bits per heavy atom. The zero-order chi connectivity index (χ0) is 23.5. The normalized spacial score (nSPS) is 20.8. The molecule has 0 bridgehead atoms. The predicted molar refractivity (Wildman–Crippen MR) is 129 cm³/mol. The van der Waals surface area contributed by atoms with Crippen molar-refractivity contribution >= 4 is 57.8 Å². The van der Waals surface area contributed by atoms with Crippen LogP contribution in [0, 0.1) is 0 Å². The van der Waals surface area contributed by atoms with Crippen LogP contribution in [0.5, 0.6) is 0 Å². The number of anilines is 2. The highest BCUT2D eigenvalue weighted by atomic mass is 35.5. The Bertz CT molecular complexity index is 1060. The highest BCUT2D eigenvalue weighted by molar-refractivity contribution is 7.81. The number of ether oxygens (including phenoxy) is 2. The molecule has 8 nitrogen and oxygen atoms in total. The molecular formula is C23H24ClN3O5S. The van der Waals surface area contributed by atoms with Gasteiger partial charge >= 0.3 is 6.09 Å². The van der Waals surface area contributed by atoms with Crippen LogP contribution >= 0.6 is 23.8 Å². The third-order valence-corrected chi connectivity index (χ3v) is 6.35. The molecule has 0 radical (unpaired) electrons. The van der Waals surface area contributed by atoms with E-state index >= 15 is 0 Å². The molecule has 2 saturated heterocycles. The van der Waals surface area contributed by atoms with E-state index in [-0.39, 0.29) is 24.8 Å². The summed E-state index contributed by atoms with van der Waals surface area (Å²) < 4.78 is 10.8. The number of benzene rings is 1. The Labute approximate surface area is 202 Å². The van der Waals surface area contributed by atoms with Crippen LogP contribution in [0.4, 0.5) is 16.2 Å². The highest BCUT2D eigenvalue weighted by Gasteiger charge is 2.33. The SMILES string of the molecule is CC(=O)c1cc(N2CC(CNC(=O)C3=CC(Cl)=CCC3=S)OC2=O)ccc1N1CCOCC1. The largest absolute Gasteiger partial charge is 0.442 e. The Balaban J connectivity index is 1.43. The van der Waals surface area contributed by atoms with Crippen molar-refractivity contribution in [1.82, 2.24) is 5.32 Å². The summed E-state index contributed by atoms with van der Waals surface area (Å²) in [6.07, 6.45) is 2.66. The molecule has 1 unspecified atom stereocenters. The number of Topliss-reactive ketones (excluding diaryl/α,β-unsaturated/α-hetero) is 1. The van der Waals surface area contributed by atoms with Crippen molar-refractivity contribution in [2.75, 3.05) is 49.2 Å². The summed E-state index contributed by atoms with van der Waals surface area (Å²) in [5.41, 5.74) is 2.30. The number of thiocarbonyl (C=S) groups is 1. The molecule has 1 aromatic carbocycles. The number of nitrogens with one attached hydrogen (secondary N) is 1. The fourth-order valence-corrected chi connectivity index (χ4v) is 4.39. The number of morpholine rings is 1. The third-order valence-electron chi connectivity index (χ3n) is 5.70. The first-order valence-electron chi connectivity index (χ1n) is 10.7. The molecule has 2 aliphatic heterocycles. The standard InChI is InChI=1S/C23H24ClN3O5S/c1-14(28)18-11-16(3-4-20(18)26-6-8-31-9-7-26)27-13-17(32-23(27)30)12-25-22(29)19-10-15(24)2-5-21(19)33/h2-4,10-11,17H,5-9,12-13H2,1H3,(H,25,29). The first-order chi connectivity index (χ1) is 15.8. The summed E-state index contributed by atoms with van der Waals surface area (Å²) in [6.45, 7) is 4.51. The lowest BCUT2D eigenvalue weighted by Crippen LogP contribution is -2.37. The molecule has 0 saturated carbocycles. The van der Waals surface area contributed by atoms with Crippen molar-refractivity contribution in [3.05, 3.63) is 46.5 Å². The maximum atomic E-state index is 12.5. The van der Waals surface area contributed by atoms with E-state index < -0.39 is 12.2 Å². The lowest BCUT2D eigenvalue weighted by Gasteiger charge is -2.30. The minimum absolute atomic E-state index is 0.0841. The molecule has 33 heavy (non-hydrogen) atoms. The zero-order valence-electron chi connectivity index (χ0n) is 18.1. The fourth-order valence-electron chi connectivity index (χ4n) is 3.96. The topological polar surface area (TPSA) is 88.2 Å². The maximum absolute atomic E-state index is 12.5. The van der Waals surface area contributed by atoms with Gasteiger partial charge in [-0.2, -0.15) is 0 Å². The third kappa shape index (κ3) is 5.26. The molecule has 1 aliphatic carbocycles. The summed E-state index contributed by atoms with van der Waals surface area (Å²) >= 11 is 11.2. The summed E-state index contributed by atoms with van der Waals surface area (Å²) in [5.74, 6) is -0.436. The molecule has 2 fully saturated rings. The fraction of sp³-hybridized carbons (Fsp3) is 0.391. The van der Waals surface area contributed by atoms with E-state index in [9.17, 15) is 14.4 Å². The van der Waals surface area contributed by atoms with Crippen LogP contribution in [-0.4, -0.2) is 68.1 Å². The monoisotopic (exact) mass is 489 g/mol. The molecule has 0 aromatic heterocycles. The van der Waals surface area contributed by atoms with Crippen molar-refractivity contribution in [2.24, 2.45) is 0 Å². The van der Waals surface area contributed by atoms with Gasteiger partial charge in [0.2, 0.25) is 0 Å². The van der Waals surface area contributed by atoms with Gasteiger partial charge in [-0.25, -0.2) is 4.79 Å². The van der Waals surface area contributed by atoms with E-state index in [0.717, 1.165) is 5.69 Å². The Hall–Kier alpha value is -2.75. The number of carbonyl (C=O) groups excluding carboxylic acids is 3. The molecule has 174 valence electrons. The molecule has 1 atom stereocenters. The molecule has 2 heterocycles. The van der Waals surface area contributed by atoms with Crippen molar-refractivity contribution in [3.63, 3.8) is 0 Å². The van der Waals surface area contributed by atoms with E-state index in [0.29, 0.717) is 59.4 Å². The second-order valence-electron chi connectivity index (χ2n) is 7.96. The number of ketones is 1. The predicted octanol–water partition coefficient (Wildman–Crippen LogP) is 2.99. The Morgan fingerprint density at radius 3 is 2.76 bits per heavy atom. The lowest BCUT2D eigenvalue weighted by molar-refractivity contribution is -0.117. The number of amides is 2. The van der Waals surface area contributed by atoms with Gasteiger partial charge in [0, 0.05) is 46.3 Å². The van der Waals surface area contributed by atoms with Crippen LogP contribution in [0.1, 0.15) is 23.7 Å². The van der Waals surface area contributed by atoms with Crippen LogP contribution in [0.25, 0.3) is 0 Å². The zero-order valence-corrected chi connectivity index (χ0v) is 19.7. The van der Waals surface area contributed by atoms with Crippen molar-refractivity contribution in [3.8, 4) is 0 Å². The molecule has 1 N–H and O–H groups in total. The van der Waals surface area contributed by atoms with Gasteiger partial charge in [0.05, 0.1) is 31.9 Å². The first-order valence-corrected chi connectivity index (χ1v) is 11.5. The smallest absolute Gasteiger partial charge is 0.414 e. The summed E-state index contributed by atoms with van der Waals surface area (Å²) in [5, 5.41) is 3.23. The van der Waals surface area contributed by atoms with Gasteiger partial charge in [-0.15, -0.1) is 0 Å². The molecule has 1 aromatic rings. The van der Waals surface area contributed by atoms with Crippen LogP contribution in [0.15, 0.2) is 41.0 Å². The Morgan fingerprint density at radius 1 is 1.27 bits per heavy atom. The molecule has 0 spiro atoms. The minimum Gasteiger partial charge on any atom is -0.442 e. The van der Waals surface area contributed by atoms with Gasteiger partial charge in [0.15, 0.2) is 5.78 Å². The second kappa shape index (κ2) is 10.0. The highest BCUT2D eigenvalue weighted by Crippen LogP contribution is 2.30. The van der Waals surface area contributed by atoms with E-state index in [1.807, 2.05) is 6.07 Å². The van der Waals surface area contributed by atoms with Gasteiger partial charge in [0.25, 0.3) is 5.91 Å². The summed E-state index contributed by atoms with van der Waals surface area (Å²) in [6, 6.07) is 5.38. The Kier molecular flexibility index (Phi) is 7.11. The van der Waals surface area contributed by atoms with Gasteiger partial charge in [-0.05, 0) is 31.2 Å². The quantitative estimate of drug-likeness (QED) is 0.485. The van der Waals surface area contributed by atoms with Crippen molar-refractivity contribution in [1.29, 1.82) is 0 Å². The molecular weight excluding hydrogens is 466 g/mol. The number of rotatable bonds is 6. The number of hydrogen-bond donors (Lipinski definition) is 1. The number of halogens is 1. The minimum atomic E-state index is -0.537. The molecule has 3 aliphatic rings. The lowest BCUT2D eigenvalue weighted by atomic mass is 10.0. The number of carbonyl (C=O) groups is 3. The number of allylic oxidation sites excluding steroid dienone is 3.